The average Bonchev–Trinajstić information content (AvgIpc) is 2.69. The van der Waals surface area contributed by atoms with Crippen LogP contribution in [0.15, 0.2) is 18.2 Å². The van der Waals surface area contributed by atoms with Crippen molar-refractivity contribution >= 4 is 29.1 Å². The Hall–Kier alpha value is -2.66. The summed E-state index contributed by atoms with van der Waals surface area (Å²) in [5.41, 5.74) is 3.94. The van der Waals surface area contributed by atoms with Gasteiger partial charge >= 0.3 is 6.18 Å². The van der Waals surface area contributed by atoms with Crippen LogP contribution >= 0.6 is 0 Å². The fourth-order valence-electron chi connectivity index (χ4n) is 3.96. The molecule has 2 aliphatic rings. The van der Waals surface area contributed by atoms with E-state index in [0.717, 1.165) is 36.3 Å². The largest absolute Gasteiger partial charge is 0.418 e. The molecule has 0 aromatic heterocycles. The Morgan fingerprint density at radius 1 is 1.34 bits per heavy atom. The Bertz CT molecular complexity index is 873. The van der Waals surface area contributed by atoms with Crippen molar-refractivity contribution in [1.29, 1.82) is 0 Å². The smallest absolute Gasteiger partial charge is 0.370 e. The number of nitrogens with one attached hydrogen (secondary N) is 1. The van der Waals surface area contributed by atoms with Crippen molar-refractivity contribution in [1.82, 2.24) is 4.90 Å². The third-order valence-corrected chi connectivity index (χ3v) is 5.85. The van der Waals surface area contributed by atoms with Gasteiger partial charge in [-0.3, -0.25) is 19.3 Å². The van der Waals surface area contributed by atoms with Gasteiger partial charge in [-0.15, -0.1) is 0 Å². The number of primary amides is 1. The van der Waals surface area contributed by atoms with Crippen LogP contribution in [-0.4, -0.2) is 61.5 Å². The van der Waals surface area contributed by atoms with E-state index in [0.29, 0.717) is 19.0 Å². The molecule has 1 atom stereocenters. The van der Waals surface area contributed by atoms with E-state index in [1.165, 1.54) is 6.07 Å². The van der Waals surface area contributed by atoms with E-state index >= 15 is 0 Å². The van der Waals surface area contributed by atoms with Gasteiger partial charge < -0.3 is 20.7 Å². The Kier molecular flexibility index (Phi) is 7.40. The van der Waals surface area contributed by atoms with Gasteiger partial charge in [0.05, 0.1) is 17.9 Å². The van der Waals surface area contributed by atoms with Gasteiger partial charge in [-0.2, -0.15) is 13.2 Å². The number of anilines is 2. The number of rotatable bonds is 8. The standard InChI is InChI=1S/C21H27F3N4O4/c1-2-27(11-13-4-3-5-13)18(19(25)30)20(31)26-14-6-7-16(15(10-14)21(22,23)24)28-8-9-32-12-17(28)29/h6-7,10,13,18H,2-5,8-9,11-12H2,1H3,(H2,25,30)(H,26,31)/t18-/m0/s1. The zero-order valence-corrected chi connectivity index (χ0v) is 17.8. The van der Waals surface area contributed by atoms with Gasteiger partial charge in [-0.1, -0.05) is 13.3 Å². The summed E-state index contributed by atoms with van der Waals surface area (Å²) in [4.78, 5) is 39.5. The van der Waals surface area contributed by atoms with Gasteiger partial charge in [0.2, 0.25) is 5.91 Å². The van der Waals surface area contributed by atoms with Crippen LogP contribution in [0.3, 0.4) is 0 Å². The molecule has 1 heterocycles. The molecule has 1 aromatic rings. The number of nitrogens with zero attached hydrogens (tertiary/aromatic N) is 2. The average molecular weight is 456 g/mol. The summed E-state index contributed by atoms with van der Waals surface area (Å²) in [6.45, 7) is 2.51. The normalized spacial score (nSPS) is 18.4. The Labute approximate surface area is 183 Å². The van der Waals surface area contributed by atoms with E-state index in [1.54, 1.807) is 11.8 Å². The van der Waals surface area contributed by atoms with Crippen LogP contribution in [0, 0.1) is 5.92 Å². The zero-order chi connectivity index (χ0) is 23.5. The molecule has 3 amide bonds. The molecule has 0 unspecified atom stereocenters. The first-order valence-electron chi connectivity index (χ1n) is 10.6. The number of hydrogen-bond donors (Lipinski definition) is 2. The Balaban J connectivity index is 1.84. The maximum absolute atomic E-state index is 13.7. The van der Waals surface area contributed by atoms with Gasteiger partial charge in [-0.05, 0) is 43.5 Å². The predicted octanol–water partition coefficient (Wildman–Crippen LogP) is 1.98. The molecule has 1 aliphatic heterocycles. The number of carbonyl (C=O) groups is 3. The third-order valence-electron chi connectivity index (χ3n) is 5.85. The molecule has 3 N–H and O–H groups in total. The van der Waals surface area contributed by atoms with Gasteiger partial charge in [0, 0.05) is 18.8 Å². The zero-order valence-electron chi connectivity index (χ0n) is 17.8. The number of alkyl halides is 3. The molecular formula is C21H27F3N4O4. The highest BCUT2D eigenvalue weighted by Crippen LogP contribution is 2.39. The van der Waals surface area contributed by atoms with Crippen LogP contribution in [0.25, 0.3) is 0 Å². The van der Waals surface area contributed by atoms with Crippen LogP contribution in [-0.2, 0) is 25.3 Å². The number of halogens is 3. The molecule has 1 saturated heterocycles. The molecule has 8 nitrogen and oxygen atoms in total. The number of morpholine rings is 1. The first-order chi connectivity index (χ1) is 15.1. The lowest BCUT2D eigenvalue weighted by atomic mass is 9.85. The van der Waals surface area contributed by atoms with E-state index in [1.807, 2.05) is 0 Å². The second-order valence-electron chi connectivity index (χ2n) is 8.01. The molecule has 0 spiro atoms. The molecule has 0 radical (unpaired) electrons. The summed E-state index contributed by atoms with van der Waals surface area (Å²) in [6, 6.07) is 1.87. The van der Waals surface area contributed by atoms with E-state index in [9.17, 15) is 27.6 Å². The van der Waals surface area contributed by atoms with Crippen LogP contribution in [0.1, 0.15) is 31.7 Å². The van der Waals surface area contributed by atoms with Crippen molar-refractivity contribution < 1.29 is 32.3 Å². The van der Waals surface area contributed by atoms with Gasteiger partial charge in [0.15, 0.2) is 6.04 Å². The number of hydrogen-bond acceptors (Lipinski definition) is 5. The first-order valence-corrected chi connectivity index (χ1v) is 10.6. The molecule has 0 bridgehead atoms. The van der Waals surface area contributed by atoms with Gasteiger partial charge in [0.1, 0.15) is 6.61 Å². The number of likely N-dealkylation sites (N-methyl/N-ethyl adjacent to an activating group) is 1. The van der Waals surface area contributed by atoms with Crippen molar-refractivity contribution in [2.45, 2.75) is 38.4 Å². The van der Waals surface area contributed by atoms with Crippen molar-refractivity contribution in [2.24, 2.45) is 11.7 Å². The number of ether oxygens (including phenoxy) is 1. The number of nitrogens with two attached hydrogens (primary N) is 1. The summed E-state index contributed by atoms with van der Waals surface area (Å²) >= 11 is 0. The van der Waals surface area contributed by atoms with Gasteiger partial charge in [-0.25, -0.2) is 0 Å². The molecule has 11 heteroatoms. The minimum Gasteiger partial charge on any atom is -0.370 e. The molecule has 176 valence electrons. The highest BCUT2D eigenvalue weighted by Gasteiger charge is 2.38. The quantitative estimate of drug-likeness (QED) is 0.582. The van der Waals surface area contributed by atoms with Crippen LogP contribution in [0.5, 0.6) is 0 Å². The SMILES string of the molecule is CCN(CC1CCC1)[C@@H](C(N)=O)C(=O)Nc1ccc(N2CCOCC2=O)c(C(F)(F)F)c1. The number of benzene rings is 1. The fraction of sp³-hybridized carbons (Fsp3) is 0.571. The van der Waals surface area contributed by atoms with E-state index in [-0.39, 0.29) is 31.1 Å². The second kappa shape index (κ2) is 9.86. The number of carbonyl (C=O) groups excluding carboxylic acids is 3. The Morgan fingerprint density at radius 3 is 2.59 bits per heavy atom. The lowest BCUT2D eigenvalue weighted by Crippen LogP contribution is -2.53. The summed E-state index contributed by atoms with van der Waals surface area (Å²) in [5.74, 6) is -1.87. The fourth-order valence-corrected chi connectivity index (χ4v) is 3.96. The van der Waals surface area contributed by atoms with Gasteiger partial charge in [0.25, 0.3) is 11.8 Å². The van der Waals surface area contributed by atoms with E-state index in [4.69, 9.17) is 10.5 Å². The minimum atomic E-state index is -4.77. The summed E-state index contributed by atoms with van der Waals surface area (Å²) in [6.07, 6.45) is -1.67. The second-order valence-corrected chi connectivity index (χ2v) is 8.01. The highest BCUT2D eigenvalue weighted by atomic mass is 19.4. The highest BCUT2D eigenvalue weighted by molar-refractivity contribution is 6.09. The molecule has 2 fully saturated rings. The van der Waals surface area contributed by atoms with E-state index < -0.39 is 35.5 Å². The van der Waals surface area contributed by atoms with E-state index in [2.05, 4.69) is 5.32 Å². The third kappa shape index (κ3) is 5.39. The molecule has 1 aromatic carbocycles. The summed E-state index contributed by atoms with van der Waals surface area (Å²) in [5, 5.41) is 2.39. The monoisotopic (exact) mass is 456 g/mol. The predicted molar refractivity (Wildman–Crippen MR) is 111 cm³/mol. The maximum atomic E-state index is 13.7. The van der Waals surface area contributed by atoms with Crippen LogP contribution in [0.4, 0.5) is 24.5 Å². The first kappa shape index (κ1) is 24.0. The van der Waals surface area contributed by atoms with Crippen molar-refractivity contribution in [2.75, 3.05) is 43.1 Å². The lowest BCUT2D eigenvalue weighted by molar-refractivity contribution is -0.138. The molecule has 32 heavy (non-hydrogen) atoms. The molecule has 1 aliphatic carbocycles. The van der Waals surface area contributed by atoms with Crippen molar-refractivity contribution in [3.05, 3.63) is 23.8 Å². The topological polar surface area (TPSA) is 105 Å². The van der Waals surface area contributed by atoms with Crippen LogP contribution in [0.2, 0.25) is 0 Å². The van der Waals surface area contributed by atoms with Crippen LogP contribution < -0.4 is 16.0 Å². The maximum Gasteiger partial charge on any atom is 0.418 e. The van der Waals surface area contributed by atoms with Crippen molar-refractivity contribution in [3.63, 3.8) is 0 Å². The molecule has 3 rings (SSSR count). The molecular weight excluding hydrogens is 429 g/mol. The minimum absolute atomic E-state index is 0.00993. The summed E-state index contributed by atoms with van der Waals surface area (Å²) in [7, 11) is 0. The van der Waals surface area contributed by atoms with Crippen molar-refractivity contribution in [3.8, 4) is 0 Å². The summed E-state index contributed by atoms with van der Waals surface area (Å²) < 4.78 is 46.2. The molecule has 1 saturated carbocycles. The Morgan fingerprint density at radius 2 is 2.06 bits per heavy atom. The number of amides is 3. The lowest BCUT2D eigenvalue weighted by Gasteiger charge is -2.34.